The molecule has 0 amide bonds. The van der Waals surface area contributed by atoms with E-state index in [1.807, 2.05) is 13.0 Å². The first-order valence-corrected chi connectivity index (χ1v) is 9.79. The topological polar surface area (TPSA) is 72.9 Å². The molecule has 0 radical (unpaired) electrons. The lowest BCUT2D eigenvalue weighted by Gasteiger charge is -2.11. The largest absolute Gasteiger partial charge is 0.493 e. The molecule has 7 heteroatoms. The molecule has 0 saturated carbocycles. The summed E-state index contributed by atoms with van der Waals surface area (Å²) in [6.45, 7) is 2.42. The van der Waals surface area contributed by atoms with Crippen LogP contribution in [0.15, 0.2) is 53.4 Å². The van der Waals surface area contributed by atoms with Crippen molar-refractivity contribution in [3.05, 3.63) is 59.7 Å². The summed E-state index contributed by atoms with van der Waals surface area (Å²) in [5.74, 6) is 1.00. The summed E-state index contributed by atoms with van der Waals surface area (Å²) in [7, 11) is 0.964. The van der Waals surface area contributed by atoms with Crippen molar-refractivity contribution in [2.75, 3.05) is 27.8 Å². The zero-order valence-corrected chi connectivity index (χ0v) is 16.6. The number of ether oxygens (including phenoxy) is 2. The van der Waals surface area contributed by atoms with E-state index < -0.39 is 10.0 Å². The SMILES string of the molecule is CCOc1ccc(C=CC(=O)c2ccc(S(=O)(=O)N(C)C)cc2)cc1OC. The standard InChI is InChI=1S/C20H23NO5S/c1-5-26-19-13-7-15(14-20(19)25-4)6-12-18(22)16-8-10-17(11-9-16)27(23,24)21(2)3/h6-14H,5H2,1-4H3. The van der Waals surface area contributed by atoms with Crippen LogP contribution in [0.25, 0.3) is 6.08 Å². The minimum absolute atomic E-state index is 0.143. The summed E-state index contributed by atoms with van der Waals surface area (Å²) < 4.78 is 36.0. The summed E-state index contributed by atoms with van der Waals surface area (Å²) in [4.78, 5) is 12.5. The number of carbonyl (C=O) groups is 1. The molecule has 0 N–H and O–H groups in total. The fraction of sp³-hybridized carbons (Fsp3) is 0.250. The molecule has 0 heterocycles. The molecule has 0 unspecified atom stereocenters. The van der Waals surface area contributed by atoms with Crippen molar-refractivity contribution in [1.82, 2.24) is 4.31 Å². The first-order chi connectivity index (χ1) is 12.8. The number of carbonyl (C=O) groups excluding carboxylic acids is 1. The van der Waals surface area contributed by atoms with Crippen LogP contribution in [0, 0.1) is 0 Å². The zero-order valence-electron chi connectivity index (χ0n) is 15.8. The van der Waals surface area contributed by atoms with Crippen LogP contribution in [0.5, 0.6) is 11.5 Å². The predicted octanol–water partition coefficient (Wildman–Crippen LogP) is 3.24. The van der Waals surface area contributed by atoms with Crippen molar-refractivity contribution in [2.24, 2.45) is 0 Å². The predicted molar refractivity (Wildman–Crippen MR) is 105 cm³/mol. The minimum Gasteiger partial charge on any atom is -0.493 e. The molecule has 0 atom stereocenters. The van der Waals surface area contributed by atoms with Gasteiger partial charge >= 0.3 is 0 Å². The van der Waals surface area contributed by atoms with Gasteiger partial charge in [-0.25, -0.2) is 12.7 Å². The minimum atomic E-state index is -3.51. The second-order valence-electron chi connectivity index (χ2n) is 5.85. The van der Waals surface area contributed by atoms with Crippen molar-refractivity contribution in [3.8, 4) is 11.5 Å². The van der Waals surface area contributed by atoms with Gasteiger partial charge in [-0.1, -0.05) is 12.1 Å². The number of rotatable bonds is 8. The van der Waals surface area contributed by atoms with Gasteiger partial charge in [0.2, 0.25) is 10.0 Å². The lowest BCUT2D eigenvalue weighted by molar-refractivity contribution is 0.104. The van der Waals surface area contributed by atoms with E-state index in [2.05, 4.69) is 0 Å². The van der Waals surface area contributed by atoms with Gasteiger partial charge in [-0.3, -0.25) is 4.79 Å². The number of hydrogen-bond donors (Lipinski definition) is 0. The molecular formula is C20H23NO5S. The number of methoxy groups -OCH3 is 1. The average Bonchev–Trinajstić information content (AvgIpc) is 2.67. The summed E-state index contributed by atoms with van der Waals surface area (Å²) >= 11 is 0. The third kappa shape index (κ3) is 4.96. The summed E-state index contributed by atoms with van der Waals surface area (Å²) in [6, 6.07) is 11.2. The third-order valence-electron chi connectivity index (χ3n) is 3.83. The fourth-order valence-electron chi connectivity index (χ4n) is 2.33. The molecule has 0 fully saturated rings. The van der Waals surface area contributed by atoms with Crippen LogP contribution in [0.4, 0.5) is 0 Å². The Bertz CT molecular complexity index is 931. The van der Waals surface area contributed by atoms with Gasteiger partial charge in [0.15, 0.2) is 17.3 Å². The Balaban J connectivity index is 2.17. The van der Waals surface area contributed by atoms with Gasteiger partial charge in [-0.2, -0.15) is 0 Å². The van der Waals surface area contributed by atoms with Gasteiger partial charge in [0.05, 0.1) is 18.6 Å². The van der Waals surface area contributed by atoms with E-state index in [9.17, 15) is 13.2 Å². The van der Waals surface area contributed by atoms with Crippen LogP contribution in [0.3, 0.4) is 0 Å². The van der Waals surface area contributed by atoms with E-state index in [4.69, 9.17) is 9.47 Å². The molecule has 0 aliphatic carbocycles. The molecule has 144 valence electrons. The zero-order chi connectivity index (χ0) is 20.0. The quantitative estimate of drug-likeness (QED) is 0.512. The molecule has 0 aliphatic rings. The highest BCUT2D eigenvalue weighted by Crippen LogP contribution is 2.28. The molecule has 0 bridgehead atoms. The van der Waals surface area contributed by atoms with Crippen LogP contribution in [-0.4, -0.2) is 46.3 Å². The van der Waals surface area contributed by atoms with Crippen molar-refractivity contribution < 1.29 is 22.7 Å². The highest BCUT2D eigenvalue weighted by atomic mass is 32.2. The third-order valence-corrected chi connectivity index (χ3v) is 5.66. The van der Waals surface area contributed by atoms with E-state index in [1.54, 1.807) is 25.3 Å². The maximum atomic E-state index is 12.3. The number of benzene rings is 2. The van der Waals surface area contributed by atoms with Gasteiger partial charge in [0.25, 0.3) is 0 Å². The Morgan fingerprint density at radius 3 is 2.30 bits per heavy atom. The molecule has 0 aromatic heterocycles. The molecular weight excluding hydrogens is 366 g/mol. The smallest absolute Gasteiger partial charge is 0.242 e. The summed E-state index contributed by atoms with van der Waals surface area (Å²) in [6.07, 6.45) is 3.11. The van der Waals surface area contributed by atoms with Crippen LogP contribution in [0.1, 0.15) is 22.8 Å². The number of sulfonamides is 1. The van der Waals surface area contributed by atoms with Crippen LogP contribution >= 0.6 is 0 Å². The highest BCUT2D eigenvalue weighted by Gasteiger charge is 2.17. The van der Waals surface area contributed by atoms with Gasteiger partial charge < -0.3 is 9.47 Å². The second-order valence-corrected chi connectivity index (χ2v) is 8.00. The van der Waals surface area contributed by atoms with Gasteiger partial charge in [0, 0.05) is 19.7 Å². The average molecular weight is 389 g/mol. The van der Waals surface area contributed by atoms with E-state index in [0.717, 1.165) is 9.87 Å². The van der Waals surface area contributed by atoms with E-state index in [1.165, 1.54) is 44.4 Å². The Morgan fingerprint density at radius 1 is 1.07 bits per heavy atom. The monoisotopic (exact) mass is 389 g/mol. The van der Waals surface area contributed by atoms with Crippen molar-refractivity contribution in [1.29, 1.82) is 0 Å². The molecule has 2 rings (SSSR count). The summed E-state index contributed by atoms with van der Waals surface area (Å²) in [5, 5.41) is 0. The first-order valence-electron chi connectivity index (χ1n) is 8.35. The summed E-state index contributed by atoms with van der Waals surface area (Å²) in [5.41, 5.74) is 1.19. The first kappa shape index (κ1) is 20.7. The van der Waals surface area contributed by atoms with Crippen molar-refractivity contribution in [2.45, 2.75) is 11.8 Å². The molecule has 0 spiro atoms. The molecule has 6 nitrogen and oxygen atoms in total. The van der Waals surface area contributed by atoms with Gasteiger partial charge in [-0.15, -0.1) is 0 Å². The Morgan fingerprint density at radius 2 is 1.74 bits per heavy atom. The van der Waals surface area contributed by atoms with Crippen LogP contribution < -0.4 is 9.47 Å². The molecule has 0 saturated heterocycles. The molecule has 2 aromatic rings. The normalized spacial score (nSPS) is 11.7. The Hall–Kier alpha value is -2.64. The number of allylic oxidation sites excluding steroid dienone is 1. The van der Waals surface area contributed by atoms with E-state index >= 15 is 0 Å². The Kier molecular flexibility index (Phi) is 6.76. The van der Waals surface area contributed by atoms with Gasteiger partial charge in [-0.05, 0) is 55.0 Å². The second kappa shape index (κ2) is 8.83. The van der Waals surface area contributed by atoms with Crippen LogP contribution in [-0.2, 0) is 10.0 Å². The van der Waals surface area contributed by atoms with Crippen molar-refractivity contribution in [3.63, 3.8) is 0 Å². The van der Waals surface area contributed by atoms with Crippen molar-refractivity contribution >= 4 is 21.9 Å². The lowest BCUT2D eigenvalue weighted by atomic mass is 10.1. The fourth-order valence-corrected chi connectivity index (χ4v) is 3.23. The van der Waals surface area contributed by atoms with Gasteiger partial charge in [0.1, 0.15) is 0 Å². The Labute approximate surface area is 160 Å². The van der Waals surface area contributed by atoms with E-state index in [-0.39, 0.29) is 10.7 Å². The van der Waals surface area contributed by atoms with Crippen LogP contribution in [0.2, 0.25) is 0 Å². The maximum absolute atomic E-state index is 12.3. The molecule has 27 heavy (non-hydrogen) atoms. The number of hydrogen-bond acceptors (Lipinski definition) is 5. The molecule has 2 aromatic carbocycles. The lowest BCUT2D eigenvalue weighted by Crippen LogP contribution is -2.22. The number of ketones is 1. The highest BCUT2D eigenvalue weighted by molar-refractivity contribution is 7.89. The van der Waals surface area contributed by atoms with E-state index in [0.29, 0.717) is 23.7 Å². The molecule has 0 aliphatic heterocycles. The maximum Gasteiger partial charge on any atom is 0.242 e. The number of nitrogens with zero attached hydrogens (tertiary/aromatic N) is 1.